The van der Waals surface area contributed by atoms with E-state index in [9.17, 15) is 10.1 Å². The SMILES string of the molecule is COc1ccc([N+](=O)[O-])c(Oc2cccc(CO)c2)n1. The third-order valence-electron chi connectivity index (χ3n) is 2.52. The molecule has 7 nitrogen and oxygen atoms in total. The first-order chi connectivity index (χ1) is 9.63. The van der Waals surface area contributed by atoms with Crippen molar-refractivity contribution >= 4 is 5.69 Å². The molecule has 1 N–H and O–H groups in total. The standard InChI is InChI=1S/C13H12N2O5/c1-19-12-6-5-11(15(17)18)13(14-12)20-10-4-2-3-9(7-10)8-16/h2-7,16H,8H2,1H3. The van der Waals surface area contributed by atoms with E-state index in [0.717, 1.165) is 0 Å². The van der Waals surface area contributed by atoms with Crippen LogP contribution in [0.4, 0.5) is 5.69 Å². The zero-order chi connectivity index (χ0) is 14.5. The van der Waals surface area contributed by atoms with E-state index in [-0.39, 0.29) is 24.1 Å². The van der Waals surface area contributed by atoms with Crippen molar-refractivity contribution in [1.82, 2.24) is 4.98 Å². The Morgan fingerprint density at radius 3 is 2.80 bits per heavy atom. The third-order valence-corrected chi connectivity index (χ3v) is 2.52. The molecule has 20 heavy (non-hydrogen) atoms. The van der Waals surface area contributed by atoms with Crippen molar-refractivity contribution in [3.8, 4) is 17.5 Å². The van der Waals surface area contributed by atoms with Gasteiger partial charge in [-0.1, -0.05) is 12.1 Å². The average molecular weight is 276 g/mol. The molecule has 0 unspecified atom stereocenters. The molecular formula is C13H12N2O5. The van der Waals surface area contributed by atoms with Gasteiger partial charge in [0.05, 0.1) is 18.6 Å². The molecule has 1 aromatic carbocycles. The van der Waals surface area contributed by atoms with Gasteiger partial charge in [-0.15, -0.1) is 0 Å². The van der Waals surface area contributed by atoms with Gasteiger partial charge in [0.25, 0.3) is 0 Å². The summed E-state index contributed by atoms with van der Waals surface area (Å²) in [6.07, 6.45) is 0. The van der Waals surface area contributed by atoms with Crippen molar-refractivity contribution in [2.75, 3.05) is 7.11 Å². The Labute approximate surface area is 114 Å². The number of hydrogen-bond donors (Lipinski definition) is 1. The molecular weight excluding hydrogens is 264 g/mol. The van der Waals surface area contributed by atoms with Gasteiger partial charge in [0.1, 0.15) is 5.75 Å². The van der Waals surface area contributed by atoms with E-state index in [1.165, 1.54) is 19.2 Å². The smallest absolute Gasteiger partial charge is 0.331 e. The number of methoxy groups -OCH3 is 1. The lowest BCUT2D eigenvalue weighted by Gasteiger charge is -2.07. The highest BCUT2D eigenvalue weighted by Gasteiger charge is 2.18. The lowest BCUT2D eigenvalue weighted by Crippen LogP contribution is -1.98. The van der Waals surface area contributed by atoms with E-state index >= 15 is 0 Å². The molecule has 0 aliphatic carbocycles. The van der Waals surface area contributed by atoms with Crippen LogP contribution >= 0.6 is 0 Å². The van der Waals surface area contributed by atoms with E-state index in [4.69, 9.17) is 14.6 Å². The summed E-state index contributed by atoms with van der Waals surface area (Å²) in [5.41, 5.74) is 0.369. The predicted octanol–water partition coefficient (Wildman–Crippen LogP) is 2.28. The number of aliphatic hydroxyl groups excluding tert-OH is 1. The second kappa shape index (κ2) is 5.98. The second-order valence-corrected chi connectivity index (χ2v) is 3.84. The Morgan fingerprint density at radius 1 is 1.35 bits per heavy atom. The molecule has 0 amide bonds. The fourth-order valence-electron chi connectivity index (χ4n) is 1.56. The van der Waals surface area contributed by atoms with Gasteiger partial charge in [0.15, 0.2) is 0 Å². The molecule has 0 radical (unpaired) electrons. The Kier molecular flexibility index (Phi) is 4.11. The first-order valence-corrected chi connectivity index (χ1v) is 5.71. The van der Waals surface area contributed by atoms with Gasteiger partial charge in [-0.2, -0.15) is 4.98 Å². The van der Waals surface area contributed by atoms with Crippen molar-refractivity contribution in [1.29, 1.82) is 0 Å². The van der Waals surface area contributed by atoms with E-state index in [2.05, 4.69) is 4.98 Å². The van der Waals surface area contributed by atoms with Crippen LogP contribution < -0.4 is 9.47 Å². The highest BCUT2D eigenvalue weighted by atomic mass is 16.6. The number of nitro groups is 1. The summed E-state index contributed by atoms with van der Waals surface area (Å²) in [7, 11) is 1.41. The minimum absolute atomic E-state index is 0.148. The molecule has 0 bridgehead atoms. The van der Waals surface area contributed by atoms with Gasteiger partial charge >= 0.3 is 11.6 Å². The molecule has 104 valence electrons. The first-order valence-electron chi connectivity index (χ1n) is 5.71. The van der Waals surface area contributed by atoms with Gasteiger partial charge in [0, 0.05) is 12.1 Å². The van der Waals surface area contributed by atoms with Crippen LogP contribution in [0.15, 0.2) is 36.4 Å². The molecule has 2 rings (SSSR count). The molecule has 0 aliphatic heterocycles. The number of ether oxygens (including phenoxy) is 2. The van der Waals surface area contributed by atoms with Crippen molar-refractivity contribution in [3.63, 3.8) is 0 Å². The molecule has 0 atom stereocenters. The monoisotopic (exact) mass is 276 g/mol. The summed E-state index contributed by atoms with van der Waals surface area (Å²) in [5.74, 6) is 0.397. The quantitative estimate of drug-likeness (QED) is 0.665. The Morgan fingerprint density at radius 2 is 2.15 bits per heavy atom. The third kappa shape index (κ3) is 3.01. The van der Waals surface area contributed by atoms with Gasteiger partial charge < -0.3 is 14.6 Å². The fraction of sp³-hybridized carbons (Fsp3) is 0.154. The second-order valence-electron chi connectivity index (χ2n) is 3.84. The largest absolute Gasteiger partial charge is 0.481 e. The van der Waals surface area contributed by atoms with Crippen LogP contribution in [0.1, 0.15) is 5.56 Å². The summed E-state index contributed by atoms with van der Waals surface area (Å²) in [5, 5.41) is 20.0. The van der Waals surface area contributed by atoms with E-state index in [1.54, 1.807) is 24.3 Å². The Hall–Kier alpha value is -2.67. The van der Waals surface area contributed by atoms with Crippen LogP contribution in [-0.4, -0.2) is 22.1 Å². The van der Waals surface area contributed by atoms with Gasteiger partial charge in [-0.3, -0.25) is 10.1 Å². The predicted molar refractivity (Wildman–Crippen MR) is 69.9 cm³/mol. The molecule has 0 saturated carbocycles. The van der Waals surface area contributed by atoms with Crippen LogP contribution in [0.3, 0.4) is 0 Å². The highest BCUT2D eigenvalue weighted by Crippen LogP contribution is 2.31. The number of rotatable bonds is 5. The van der Waals surface area contributed by atoms with Crippen molar-refractivity contribution in [2.24, 2.45) is 0 Å². The Balaban J connectivity index is 2.37. The maximum absolute atomic E-state index is 10.9. The molecule has 0 aliphatic rings. The summed E-state index contributed by atoms with van der Waals surface area (Å²) in [4.78, 5) is 14.3. The number of hydrogen-bond acceptors (Lipinski definition) is 6. The number of benzene rings is 1. The van der Waals surface area contributed by atoms with Crippen molar-refractivity contribution in [3.05, 3.63) is 52.1 Å². The van der Waals surface area contributed by atoms with Gasteiger partial charge in [0.2, 0.25) is 5.88 Å². The molecule has 1 heterocycles. The molecule has 0 fully saturated rings. The summed E-state index contributed by atoms with van der Waals surface area (Å²) in [6, 6.07) is 9.22. The lowest BCUT2D eigenvalue weighted by atomic mass is 10.2. The lowest BCUT2D eigenvalue weighted by molar-refractivity contribution is -0.386. The van der Waals surface area contributed by atoms with E-state index in [1.807, 2.05) is 0 Å². The Bertz CT molecular complexity index is 630. The summed E-state index contributed by atoms with van der Waals surface area (Å²) < 4.78 is 10.3. The molecule has 7 heteroatoms. The fourth-order valence-corrected chi connectivity index (χ4v) is 1.56. The number of nitrogens with zero attached hydrogens (tertiary/aromatic N) is 2. The normalized spacial score (nSPS) is 10.1. The van der Waals surface area contributed by atoms with Crippen LogP contribution in [0.2, 0.25) is 0 Å². The van der Waals surface area contributed by atoms with Gasteiger partial charge in [-0.05, 0) is 17.7 Å². The van der Waals surface area contributed by atoms with Crippen LogP contribution in [0, 0.1) is 10.1 Å². The summed E-state index contributed by atoms with van der Waals surface area (Å²) in [6.45, 7) is -0.148. The van der Waals surface area contributed by atoms with Crippen molar-refractivity contribution < 1.29 is 19.5 Å². The highest BCUT2D eigenvalue weighted by molar-refractivity contribution is 5.45. The van der Waals surface area contributed by atoms with Crippen LogP contribution in [0.5, 0.6) is 17.5 Å². The number of pyridine rings is 1. The topological polar surface area (TPSA) is 94.7 Å². The van der Waals surface area contributed by atoms with Crippen LogP contribution in [-0.2, 0) is 6.61 Å². The number of aliphatic hydroxyl groups is 1. The molecule has 1 aromatic heterocycles. The summed E-state index contributed by atoms with van der Waals surface area (Å²) >= 11 is 0. The number of aromatic nitrogens is 1. The molecule has 2 aromatic rings. The van der Waals surface area contributed by atoms with E-state index in [0.29, 0.717) is 11.3 Å². The maximum Gasteiger partial charge on any atom is 0.331 e. The molecule has 0 saturated heterocycles. The average Bonchev–Trinajstić information content (AvgIpc) is 2.47. The van der Waals surface area contributed by atoms with Crippen molar-refractivity contribution in [2.45, 2.75) is 6.61 Å². The minimum atomic E-state index is -0.586. The minimum Gasteiger partial charge on any atom is -0.481 e. The first kappa shape index (κ1) is 13.8. The van der Waals surface area contributed by atoms with E-state index < -0.39 is 4.92 Å². The van der Waals surface area contributed by atoms with Gasteiger partial charge in [-0.25, -0.2) is 0 Å². The van der Waals surface area contributed by atoms with Crippen LogP contribution in [0.25, 0.3) is 0 Å². The zero-order valence-corrected chi connectivity index (χ0v) is 10.6. The molecule has 0 spiro atoms. The zero-order valence-electron chi connectivity index (χ0n) is 10.6. The maximum atomic E-state index is 10.9.